The molecule has 14 heavy (non-hydrogen) atoms. The normalized spacial score (nSPS) is 28.0. The molecular formula is C10H13ClN2O. The monoisotopic (exact) mass is 212 g/mol. The van der Waals surface area contributed by atoms with E-state index in [0.717, 1.165) is 19.6 Å². The zero-order valence-corrected chi connectivity index (χ0v) is 8.59. The van der Waals surface area contributed by atoms with Gasteiger partial charge in [-0.2, -0.15) is 0 Å². The molecule has 2 aliphatic rings. The van der Waals surface area contributed by atoms with Gasteiger partial charge in [-0.15, -0.1) is 12.4 Å². The average molecular weight is 213 g/mol. The molecule has 1 saturated heterocycles. The molecule has 3 rings (SSSR count). The summed E-state index contributed by atoms with van der Waals surface area (Å²) >= 11 is 0. The minimum absolute atomic E-state index is 0. The second-order valence-electron chi connectivity index (χ2n) is 3.92. The molecule has 0 amide bonds. The Bertz CT molecular complexity index is 401. The van der Waals surface area contributed by atoms with Crippen molar-refractivity contribution in [2.45, 2.75) is 12.5 Å². The smallest absolute Gasteiger partial charge is 0.250 e. The second kappa shape index (κ2) is 3.41. The molecule has 76 valence electrons. The summed E-state index contributed by atoms with van der Waals surface area (Å²) in [4.78, 5) is 11.5. The Kier molecular flexibility index (Phi) is 2.37. The summed E-state index contributed by atoms with van der Waals surface area (Å²) in [6, 6.07) is 5.60. The number of halogens is 1. The summed E-state index contributed by atoms with van der Waals surface area (Å²) < 4.78 is 1.93. The van der Waals surface area contributed by atoms with Crippen LogP contribution in [0.2, 0.25) is 0 Å². The van der Waals surface area contributed by atoms with Crippen LogP contribution in [-0.4, -0.2) is 17.7 Å². The molecule has 0 saturated carbocycles. The largest absolute Gasteiger partial charge is 0.316 e. The van der Waals surface area contributed by atoms with Crippen molar-refractivity contribution < 1.29 is 0 Å². The highest BCUT2D eigenvalue weighted by Gasteiger charge is 2.36. The minimum Gasteiger partial charge on any atom is -0.316 e. The molecule has 1 aromatic heterocycles. The van der Waals surface area contributed by atoms with Crippen molar-refractivity contribution in [2.24, 2.45) is 5.92 Å². The molecular weight excluding hydrogens is 200 g/mol. The Morgan fingerprint density at radius 3 is 3.07 bits per heavy atom. The van der Waals surface area contributed by atoms with E-state index in [9.17, 15) is 4.79 Å². The van der Waals surface area contributed by atoms with Gasteiger partial charge in [0.05, 0.1) is 0 Å². The standard InChI is InChI=1S/C10H12N2O.ClH/c13-10-3-1-2-9-8-5-11-4-7(8)6-12(9)10;/h1-3,7-8,11H,4-6H2;1H. The van der Waals surface area contributed by atoms with E-state index in [2.05, 4.69) is 11.4 Å². The minimum atomic E-state index is 0. The van der Waals surface area contributed by atoms with Crippen LogP contribution < -0.4 is 10.9 Å². The number of hydrogen-bond acceptors (Lipinski definition) is 2. The molecule has 2 aliphatic heterocycles. The molecule has 0 aliphatic carbocycles. The number of rotatable bonds is 0. The zero-order valence-electron chi connectivity index (χ0n) is 7.77. The van der Waals surface area contributed by atoms with Crippen LogP contribution >= 0.6 is 12.4 Å². The third kappa shape index (κ3) is 1.20. The van der Waals surface area contributed by atoms with Gasteiger partial charge in [0, 0.05) is 37.3 Å². The highest BCUT2D eigenvalue weighted by atomic mass is 35.5. The molecule has 1 N–H and O–H groups in total. The fourth-order valence-corrected chi connectivity index (χ4v) is 2.56. The Labute approximate surface area is 88.5 Å². The third-order valence-corrected chi connectivity index (χ3v) is 3.22. The lowest BCUT2D eigenvalue weighted by Gasteiger charge is -2.05. The summed E-state index contributed by atoms with van der Waals surface area (Å²) in [5.41, 5.74) is 1.38. The molecule has 0 radical (unpaired) electrons. The number of aromatic nitrogens is 1. The maximum Gasteiger partial charge on any atom is 0.250 e. The maximum absolute atomic E-state index is 11.5. The predicted octanol–water partition coefficient (Wildman–Crippen LogP) is 0.587. The van der Waals surface area contributed by atoms with Gasteiger partial charge in [0.25, 0.3) is 5.56 Å². The molecule has 0 aromatic carbocycles. The Morgan fingerprint density at radius 2 is 2.21 bits per heavy atom. The lowest BCUT2D eigenvalue weighted by molar-refractivity contribution is 0.517. The van der Waals surface area contributed by atoms with Crippen LogP contribution in [0.3, 0.4) is 0 Å². The first-order valence-corrected chi connectivity index (χ1v) is 4.77. The van der Waals surface area contributed by atoms with Gasteiger partial charge >= 0.3 is 0 Å². The molecule has 0 bridgehead atoms. The first kappa shape index (κ1) is 9.74. The van der Waals surface area contributed by atoms with Crippen LogP contribution in [0.25, 0.3) is 0 Å². The van der Waals surface area contributed by atoms with Crippen molar-refractivity contribution in [1.29, 1.82) is 0 Å². The Hall–Kier alpha value is -0.800. The summed E-state index contributed by atoms with van der Waals surface area (Å²) in [5, 5.41) is 3.37. The summed E-state index contributed by atoms with van der Waals surface area (Å²) in [6.07, 6.45) is 0. The van der Waals surface area contributed by atoms with E-state index >= 15 is 0 Å². The van der Waals surface area contributed by atoms with E-state index < -0.39 is 0 Å². The average Bonchev–Trinajstić information content (AvgIpc) is 2.65. The van der Waals surface area contributed by atoms with Gasteiger partial charge in [0.15, 0.2) is 0 Å². The van der Waals surface area contributed by atoms with Crippen molar-refractivity contribution in [3.05, 3.63) is 34.2 Å². The van der Waals surface area contributed by atoms with Gasteiger partial charge in [0.2, 0.25) is 0 Å². The zero-order chi connectivity index (χ0) is 8.84. The summed E-state index contributed by atoms with van der Waals surface area (Å²) in [6.45, 7) is 3.01. The second-order valence-corrected chi connectivity index (χ2v) is 3.92. The van der Waals surface area contributed by atoms with E-state index in [1.54, 1.807) is 6.07 Å². The van der Waals surface area contributed by atoms with Gasteiger partial charge in [-0.05, 0) is 12.0 Å². The van der Waals surface area contributed by atoms with Crippen LogP contribution in [0.4, 0.5) is 0 Å². The van der Waals surface area contributed by atoms with Crippen molar-refractivity contribution in [3.63, 3.8) is 0 Å². The highest BCUT2D eigenvalue weighted by Crippen LogP contribution is 2.33. The molecule has 2 atom stereocenters. The van der Waals surface area contributed by atoms with Gasteiger partial charge in [0.1, 0.15) is 0 Å². The van der Waals surface area contributed by atoms with E-state index in [0.29, 0.717) is 11.8 Å². The van der Waals surface area contributed by atoms with Gasteiger partial charge in [-0.3, -0.25) is 4.79 Å². The number of nitrogens with one attached hydrogen (secondary N) is 1. The first-order valence-electron chi connectivity index (χ1n) is 4.77. The highest BCUT2D eigenvalue weighted by molar-refractivity contribution is 5.85. The first-order chi connectivity index (χ1) is 6.36. The van der Waals surface area contributed by atoms with Crippen LogP contribution in [-0.2, 0) is 6.54 Å². The molecule has 2 unspecified atom stereocenters. The number of nitrogens with zero attached hydrogens (tertiary/aromatic N) is 1. The van der Waals surface area contributed by atoms with Crippen molar-refractivity contribution in [3.8, 4) is 0 Å². The van der Waals surface area contributed by atoms with Gasteiger partial charge in [-0.1, -0.05) is 6.07 Å². The maximum atomic E-state index is 11.5. The van der Waals surface area contributed by atoms with Crippen LogP contribution in [0.5, 0.6) is 0 Å². The number of pyridine rings is 1. The van der Waals surface area contributed by atoms with Crippen LogP contribution in [0, 0.1) is 5.92 Å². The summed E-state index contributed by atoms with van der Waals surface area (Å²) in [5.74, 6) is 1.23. The molecule has 0 spiro atoms. The summed E-state index contributed by atoms with van der Waals surface area (Å²) in [7, 11) is 0. The van der Waals surface area contributed by atoms with E-state index in [1.165, 1.54) is 5.69 Å². The number of fused-ring (bicyclic) bond motifs is 3. The lowest BCUT2D eigenvalue weighted by Crippen LogP contribution is -2.22. The lowest BCUT2D eigenvalue weighted by atomic mass is 9.97. The van der Waals surface area contributed by atoms with E-state index in [-0.39, 0.29) is 18.0 Å². The van der Waals surface area contributed by atoms with E-state index in [1.807, 2.05) is 10.6 Å². The fraction of sp³-hybridized carbons (Fsp3) is 0.500. The molecule has 1 fully saturated rings. The van der Waals surface area contributed by atoms with Gasteiger partial charge in [-0.25, -0.2) is 0 Å². The SMILES string of the molecule is Cl.O=c1cccc2n1CC1CNCC21. The number of hydrogen-bond donors (Lipinski definition) is 1. The molecule has 4 heteroatoms. The predicted molar refractivity (Wildman–Crippen MR) is 57.1 cm³/mol. The fourth-order valence-electron chi connectivity index (χ4n) is 2.56. The topological polar surface area (TPSA) is 34.0 Å². The van der Waals surface area contributed by atoms with Crippen LogP contribution in [0.1, 0.15) is 11.6 Å². The third-order valence-electron chi connectivity index (χ3n) is 3.22. The van der Waals surface area contributed by atoms with Crippen molar-refractivity contribution >= 4 is 12.4 Å². The van der Waals surface area contributed by atoms with E-state index in [4.69, 9.17) is 0 Å². The van der Waals surface area contributed by atoms with Gasteiger partial charge < -0.3 is 9.88 Å². The van der Waals surface area contributed by atoms with Crippen molar-refractivity contribution in [2.75, 3.05) is 13.1 Å². The molecule has 1 aromatic rings. The molecule has 3 nitrogen and oxygen atoms in total. The van der Waals surface area contributed by atoms with Crippen LogP contribution in [0.15, 0.2) is 23.0 Å². The quantitative estimate of drug-likeness (QED) is 0.683. The Balaban J connectivity index is 0.000000750. The van der Waals surface area contributed by atoms with Crippen molar-refractivity contribution in [1.82, 2.24) is 9.88 Å². The molecule has 3 heterocycles. The Morgan fingerprint density at radius 1 is 1.36 bits per heavy atom.